The van der Waals surface area contributed by atoms with E-state index in [0.717, 1.165) is 0 Å². The summed E-state index contributed by atoms with van der Waals surface area (Å²) in [5.74, 6) is -6.61. The van der Waals surface area contributed by atoms with E-state index in [4.69, 9.17) is 0 Å². The summed E-state index contributed by atoms with van der Waals surface area (Å²) >= 11 is 0. The molecule has 0 saturated heterocycles. The molecule has 0 fully saturated rings. The van der Waals surface area contributed by atoms with E-state index in [1.54, 1.807) is 12.1 Å². The van der Waals surface area contributed by atoms with Crippen LogP contribution in [-0.4, -0.2) is 56.0 Å². The van der Waals surface area contributed by atoms with Crippen molar-refractivity contribution in [1.82, 2.24) is 10.6 Å². The maximum Gasteiger partial charge on any atom is 0.336 e. The SMILES string of the molecule is CC(Cc1ccc(O)c(-c2c(C(=O)O)ccc3c2C(=O)NC3=O)c1)c1ccc(O)c(-c2c(C(=O)O)ccc3c2C(=O)NC3=O)c1. The lowest BCUT2D eigenvalue weighted by Gasteiger charge is -2.18. The number of aromatic carboxylic acids is 2. The Morgan fingerprint density at radius 3 is 1.56 bits per heavy atom. The van der Waals surface area contributed by atoms with Crippen LogP contribution in [0.3, 0.4) is 0 Å². The largest absolute Gasteiger partial charge is 0.507 e. The van der Waals surface area contributed by atoms with E-state index in [0.29, 0.717) is 11.1 Å². The van der Waals surface area contributed by atoms with Crippen molar-refractivity contribution >= 4 is 35.6 Å². The number of phenolic OH excluding ortho intramolecular Hbond substituents is 2. The number of hydrogen-bond donors (Lipinski definition) is 6. The predicted octanol–water partition coefficient (Wildman–Crippen LogP) is 3.94. The fourth-order valence-electron chi connectivity index (χ4n) is 5.88. The summed E-state index contributed by atoms with van der Waals surface area (Å²) in [5.41, 5.74) is 0.181. The molecule has 0 saturated carbocycles. The third-order valence-electron chi connectivity index (χ3n) is 8.00. The van der Waals surface area contributed by atoms with Gasteiger partial charge in [0.15, 0.2) is 0 Å². The lowest BCUT2D eigenvalue weighted by molar-refractivity contribution is 0.0686. The van der Waals surface area contributed by atoms with Crippen LogP contribution < -0.4 is 10.6 Å². The molecule has 6 rings (SSSR count). The van der Waals surface area contributed by atoms with Crippen LogP contribution >= 0.6 is 0 Å². The number of imide groups is 2. The molecule has 0 radical (unpaired) electrons. The molecule has 0 aromatic heterocycles. The Bertz CT molecular complexity index is 2060. The van der Waals surface area contributed by atoms with Crippen molar-refractivity contribution < 1.29 is 49.2 Å². The Morgan fingerprint density at radius 2 is 1.07 bits per heavy atom. The first kappa shape index (κ1) is 28.8. The number of carboxylic acid groups (broad SMARTS) is 2. The Labute approximate surface area is 253 Å². The number of fused-ring (bicyclic) bond motifs is 2. The highest BCUT2D eigenvalue weighted by molar-refractivity contribution is 6.26. The smallest absolute Gasteiger partial charge is 0.336 e. The van der Waals surface area contributed by atoms with Crippen molar-refractivity contribution in [2.75, 3.05) is 0 Å². The van der Waals surface area contributed by atoms with Gasteiger partial charge in [0.05, 0.1) is 33.4 Å². The van der Waals surface area contributed by atoms with Gasteiger partial charge in [0, 0.05) is 22.3 Å². The second-order valence-corrected chi connectivity index (χ2v) is 10.7. The average molecular weight is 607 g/mol. The van der Waals surface area contributed by atoms with Crippen LogP contribution in [0.15, 0.2) is 60.7 Å². The third-order valence-corrected chi connectivity index (χ3v) is 8.00. The van der Waals surface area contributed by atoms with Gasteiger partial charge in [-0.2, -0.15) is 0 Å². The first-order chi connectivity index (χ1) is 21.4. The van der Waals surface area contributed by atoms with E-state index in [9.17, 15) is 49.2 Å². The summed E-state index contributed by atoms with van der Waals surface area (Å²) < 4.78 is 0. The van der Waals surface area contributed by atoms with Crippen LogP contribution in [0.25, 0.3) is 22.3 Å². The fraction of sp³-hybridized carbons (Fsp3) is 0.0909. The first-order valence-electron chi connectivity index (χ1n) is 13.5. The number of benzene rings is 4. The number of phenols is 2. The number of carbonyl (C=O) groups is 6. The van der Waals surface area contributed by atoms with Gasteiger partial charge < -0.3 is 20.4 Å². The van der Waals surface area contributed by atoms with Crippen molar-refractivity contribution in [3.05, 3.63) is 105 Å². The number of carboxylic acids is 2. The second kappa shape index (κ2) is 10.5. The van der Waals surface area contributed by atoms with Crippen molar-refractivity contribution in [3.63, 3.8) is 0 Å². The van der Waals surface area contributed by atoms with E-state index in [1.165, 1.54) is 48.5 Å². The minimum atomic E-state index is -1.36. The van der Waals surface area contributed by atoms with Crippen LogP contribution in [-0.2, 0) is 6.42 Å². The quantitative estimate of drug-likeness (QED) is 0.167. The molecule has 45 heavy (non-hydrogen) atoms. The number of aromatic hydroxyl groups is 2. The van der Waals surface area contributed by atoms with E-state index in [-0.39, 0.29) is 79.5 Å². The summed E-state index contributed by atoms with van der Waals surface area (Å²) in [6.07, 6.45) is 0.289. The highest BCUT2D eigenvalue weighted by Crippen LogP contribution is 2.41. The minimum absolute atomic E-state index is 0.0155. The highest BCUT2D eigenvalue weighted by Gasteiger charge is 2.35. The van der Waals surface area contributed by atoms with E-state index < -0.39 is 35.6 Å². The second-order valence-electron chi connectivity index (χ2n) is 10.7. The van der Waals surface area contributed by atoms with E-state index in [2.05, 4.69) is 10.6 Å². The highest BCUT2D eigenvalue weighted by atomic mass is 16.4. The fourth-order valence-corrected chi connectivity index (χ4v) is 5.88. The number of hydrogen-bond acceptors (Lipinski definition) is 8. The predicted molar refractivity (Wildman–Crippen MR) is 157 cm³/mol. The van der Waals surface area contributed by atoms with Crippen LogP contribution in [0.2, 0.25) is 0 Å². The lowest BCUT2D eigenvalue weighted by atomic mass is 9.86. The lowest BCUT2D eigenvalue weighted by Crippen LogP contribution is -2.20. The molecule has 0 spiro atoms. The molecule has 2 aliphatic rings. The van der Waals surface area contributed by atoms with Crippen molar-refractivity contribution in [2.45, 2.75) is 19.3 Å². The van der Waals surface area contributed by atoms with Crippen molar-refractivity contribution in [1.29, 1.82) is 0 Å². The summed E-state index contributed by atoms with van der Waals surface area (Å²) in [5, 5.41) is 45.6. The molecule has 2 heterocycles. The summed E-state index contributed by atoms with van der Waals surface area (Å²) in [6, 6.07) is 13.8. The Balaban J connectivity index is 1.42. The molecular formula is C33H22N2O10. The molecule has 4 aromatic carbocycles. The number of rotatable bonds is 7. The molecule has 6 N–H and O–H groups in total. The van der Waals surface area contributed by atoms with Gasteiger partial charge in [-0.25, -0.2) is 9.59 Å². The molecule has 224 valence electrons. The van der Waals surface area contributed by atoms with Gasteiger partial charge >= 0.3 is 11.9 Å². The molecule has 4 aromatic rings. The van der Waals surface area contributed by atoms with E-state index >= 15 is 0 Å². The van der Waals surface area contributed by atoms with Crippen LogP contribution in [0.5, 0.6) is 11.5 Å². The third kappa shape index (κ3) is 4.65. The Kier molecular flexibility index (Phi) is 6.69. The van der Waals surface area contributed by atoms with Gasteiger partial charge in [0.1, 0.15) is 11.5 Å². The van der Waals surface area contributed by atoms with Crippen LogP contribution in [0.1, 0.15) is 86.1 Å². The van der Waals surface area contributed by atoms with Crippen molar-refractivity contribution in [2.24, 2.45) is 0 Å². The molecule has 1 atom stereocenters. The number of amides is 4. The monoisotopic (exact) mass is 606 g/mol. The zero-order valence-electron chi connectivity index (χ0n) is 23.3. The molecule has 4 amide bonds. The summed E-state index contributed by atoms with van der Waals surface area (Å²) in [4.78, 5) is 74.1. The van der Waals surface area contributed by atoms with Gasteiger partial charge in [0.25, 0.3) is 23.6 Å². The van der Waals surface area contributed by atoms with Crippen molar-refractivity contribution in [3.8, 4) is 33.8 Å². The number of carbonyl (C=O) groups excluding carboxylic acids is 4. The minimum Gasteiger partial charge on any atom is -0.507 e. The normalized spacial score (nSPS) is 14.1. The topological polar surface area (TPSA) is 207 Å². The summed E-state index contributed by atoms with van der Waals surface area (Å²) in [6.45, 7) is 1.83. The molecular weight excluding hydrogens is 584 g/mol. The standard InChI is InChI=1S/C33H22N2O10/c1-13(15-3-9-23(37)21(12-15)25-19(33(44)45)7-5-17-27(25)31(41)35-29(17)39)10-14-2-8-22(36)20(11-14)24-18(32(42)43)6-4-16-26(24)30(40)34-28(16)38/h2-9,11-13,36-37H,10H2,1H3,(H,42,43)(H,44,45)(H,34,38,40)(H,35,39,41). The zero-order chi connectivity index (χ0) is 32.3. The maximum atomic E-state index is 12.7. The van der Waals surface area contributed by atoms with Gasteiger partial charge in [0.2, 0.25) is 0 Å². The Hall–Kier alpha value is -6.30. The van der Waals surface area contributed by atoms with Gasteiger partial charge in [-0.05, 0) is 72.0 Å². The molecule has 2 aliphatic heterocycles. The van der Waals surface area contributed by atoms with Crippen LogP contribution in [0, 0.1) is 0 Å². The van der Waals surface area contributed by atoms with Crippen LogP contribution in [0.4, 0.5) is 0 Å². The first-order valence-corrected chi connectivity index (χ1v) is 13.5. The van der Waals surface area contributed by atoms with Gasteiger partial charge in [-0.3, -0.25) is 29.8 Å². The number of nitrogens with one attached hydrogen (secondary N) is 2. The maximum absolute atomic E-state index is 12.7. The molecule has 0 aliphatic carbocycles. The zero-order valence-corrected chi connectivity index (χ0v) is 23.3. The summed E-state index contributed by atoms with van der Waals surface area (Å²) in [7, 11) is 0. The molecule has 12 nitrogen and oxygen atoms in total. The molecule has 0 bridgehead atoms. The van der Waals surface area contributed by atoms with E-state index in [1.807, 2.05) is 6.92 Å². The van der Waals surface area contributed by atoms with Gasteiger partial charge in [-0.15, -0.1) is 0 Å². The average Bonchev–Trinajstić information content (AvgIpc) is 3.46. The molecule has 1 unspecified atom stereocenters. The Morgan fingerprint density at radius 1 is 0.600 bits per heavy atom. The molecule has 12 heteroatoms. The van der Waals surface area contributed by atoms with Gasteiger partial charge in [-0.1, -0.05) is 19.1 Å².